The summed E-state index contributed by atoms with van der Waals surface area (Å²) in [5.74, 6) is 0.252. The van der Waals surface area contributed by atoms with Crippen LogP contribution in [0, 0.1) is 6.92 Å². The highest BCUT2D eigenvalue weighted by atomic mass is 32.2. The van der Waals surface area contributed by atoms with Gasteiger partial charge in [0.25, 0.3) is 5.91 Å². The Kier molecular flexibility index (Phi) is 9.25. The Hall–Kier alpha value is -4.73. The summed E-state index contributed by atoms with van der Waals surface area (Å²) in [5.41, 5.74) is 12.2. The maximum Gasteiger partial charge on any atom is 0.256 e. The molecule has 0 atom stereocenters. The molecule has 2 amide bonds. The van der Waals surface area contributed by atoms with Crippen molar-refractivity contribution in [2.24, 2.45) is 10.9 Å². The summed E-state index contributed by atoms with van der Waals surface area (Å²) in [6.07, 6.45) is 2.67. The quantitative estimate of drug-likeness (QED) is 0.211. The van der Waals surface area contributed by atoms with Crippen molar-refractivity contribution in [1.82, 2.24) is 0 Å². The highest BCUT2D eigenvalue weighted by molar-refractivity contribution is 7.89. The van der Waals surface area contributed by atoms with E-state index < -0.39 is 10.0 Å². The smallest absolute Gasteiger partial charge is 0.256 e. The lowest BCUT2D eigenvalue weighted by Crippen LogP contribution is -2.15. The number of benzene rings is 4. The highest BCUT2D eigenvalue weighted by Gasteiger charge is 2.23. The Bertz CT molecular complexity index is 1740. The summed E-state index contributed by atoms with van der Waals surface area (Å²) in [5, 5.41) is 10.8. The van der Waals surface area contributed by atoms with Gasteiger partial charge in [0, 0.05) is 35.1 Å². The molecule has 5 rings (SSSR count). The van der Waals surface area contributed by atoms with E-state index in [1.165, 1.54) is 31.4 Å². The first-order chi connectivity index (χ1) is 19.9. The summed E-state index contributed by atoms with van der Waals surface area (Å²) < 4.78 is 23.6. The van der Waals surface area contributed by atoms with E-state index in [1.54, 1.807) is 67.6 Å². The van der Waals surface area contributed by atoms with Gasteiger partial charge >= 0.3 is 0 Å². The normalized spacial score (nSPS) is 12.5. The number of anilines is 2. The third-order valence-corrected chi connectivity index (χ3v) is 7.73. The molecule has 42 heavy (non-hydrogen) atoms. The van der Waals surface area contributed by atoms with Gasteiger partial charge in [0.2, 0.25) is 15.9 Å². The van der Waals surface area contributed by atoms with Crippen LogP contribution in [0.5, 0.6) is 0 Å². The van der Waals surface area contributed by atoms with Gasteiger partial charge in [0.15, 0.2) is 0 Å². The van der Waals surface area contributed by atoms with E-state index in [-0.39, 0.29) is 16.7 Å². The summed E-state index contributed by atoms with van der Waals surface area (Å²) >= 11 is 0. The van der Waals surface area contributed by atoms with Gasteiger partial charge in [-0.1, -0.05) is 61.2 Å². The zero-order chi connectivity index (χ0) is 30.4. The van der Waals surface area contributed by atoms with E-state index in [0.29, 0.717) is 33.8 Å². The van der Waals surface area contributed by atoms with Crippen molar-refractivity contribution in [1.29, 1.82) is 0 Å². The first kappa shape index (κ1) is 30.2. The van der Waals surface area contributed by atoms with Gasteiger partial charge in [-0.15, -0.1) is 0 Å². The highest BCUT2D eigenvalue weighted by Crippen LogP contribution is 2.40. The number of hydrogen-bond acceptors (Lipinski definition) is 5. The van der Waals surface area contributed by atoms with Crippen molar-refractivity contribution in [2.45, 2.75) is 37.5 Å². The van der Waals surface area contributed by atoms with Crippen LogP contribution in [-0.2, 0) is 14.8 Å². The maximum atomic E-state index is 12.7. The van der Waals surface area contributed by atoms with E-state index >= 15 is 0 Å². The molecule has 0 bridgehead atoms. The average molecular weight is 583 g/mol. The topological polar surface area (TPSA) is 144 Å². The first-order valence-electron chi connectivity index (χ1n) is 13.4. The molecule has 0 unspecified atom stereocenters. The molecule has 6 N–H and O–H groups in total. The fourth-order valence-electron chi connectivity index (χ4n) is 4.44. The zero-order valence-electron chi connectivity index (χ0n) is 23.6. The van der Waals surface area contributed by atoms with Gasteiger partial charge in [-0.05, 0) is 84.3 Å². The summed E-state index contributed by atoms with van der Waals surface area (Å²) in [4.78, 5) is 24.0. The Morgan fingerprint density at radius 1 is 0.857 bits per heavy atom. The minimum Gasteiger partial charge on any atom is -0.399 e. The third kappa shape index (κ3) is 7.93. The van der Waals surface area contributed by atoms with E-state index in [9.17, 15) is 18.0 Å². The standard InChI is InChI=1S/C22H21N3O4S.C11H13N/c1-14-7-10-18(24-15(2)26)13-20(14)22(27)25-17-11-8-16(9-12-17)19-5-3-4-6-21(19)30(23,28)29;1-8(12)10-3-2-4-11(7-10)9-5-6-9/h3-13H,1-2H3,(H,24,26)(H,25,27)(H2,23,28,29);2-4,7,9H,1,5-6,12H2. The van der Waals surface area contributed by atoms with Gasteiger partial charge in [-0.2, -0.15) is 0 Å². The Balaban J connectivity index is 0.000000279. The molecule has 0 spiro atoms. The van der Waals surface area contributed by atoms with Crippen molar-refractivity contribution in [3.63, 3.8) is 0 Å². The van der Waals surface area contributed by atoms with Crippen LogP contribution in [-0.4, -0.2) is 20.2 Å². The number of rotatable bonds is 7. The third-order valence-electron chi connectivity index (χ3n) is 6.76. The van der Waals surface area contributed by atoms with Gasteiger partial charge in [0.1, 0.15) is 0 Å². The number of carbonyl (C=O) groups excluding carboxylic acids is 2. The van der Waals surface area contributed by atoms with Crippen LogP contribution in [0.3, 0.4) is 0 Å². The molecule has 0 radical (unpaired) electrons. The molecule has 1 aliphatic rings. The lowest BCUT2D eigenvalue weighted by atomic mass is 10.0. The molecule has 1 saturated carbocycles. The van der Waals surface area contributed by atoms with Crippen LogP contribution in [0.1, 0.15) is 52.7 Å². The van der Waals surface area contributed by atoms with Crippen molar-refractivity contribution in [2.75, 3.05) is 10.6 Å². The number of primary sulfonamides is 1. The Morgan fingerprint density at radius 2 is 1.52 bits per heavy atom. The molecule has 0 heterocycles. The molecule has 4 aromatic carbocycles. The van der Waals surface area contributed by atoms with Gasteiger partial charge in [-0.3, -0.25) is 9.59 Å². The first-order valence-corrected chi connectivity index (χ1v) is 14.9. The summed E-state index contributed by atoms with van der Waals surface area (Å²) in [6, 6.07) is 26.7. The number of hydrogen-bond donors (Lipinski definition) is 4. The Labute approximate surface area is 246 Å². The minimum absolute atomic E-state index is 0.0344. The zero-order valence-corrected chi connectivity index (χ0v) is 24.4. The minimum atomic E-state index is -3.86. The van der Waals surface area contributed by atoms with Crippen LogP contribution in [0.25, 0.3) is 16.8 Å². The number of amides is 2. The number of nitrogens with one attached hydrogen (secondary N) is 2. The van der Waals surface area contributed by atoms with Crippen LogP contribution in [0.15, 0.2) is 102 Å². The summed E-state index contributed by atoms with van der Waals surface area (Å²) in [7, 11) is -3.86. The van der Waals surface area contributed by atoms with Gasteiger partial charge in [-0.25, -0.2) is 13.6 Å². The average Bonchev–Trinajstić information content (AvgIpc) is 3.80. The van der Waals surface area contributed by atoms with E-state index in [1.807, 2.05) is 6.07 Å². The SMILES string of the molecule is C=C(N)c1cccc(C2CC2)c1.CC(=O)Nc1ccc(C)c(C(=O)Nc2ccc(-c3ccccc3S(N)(=O)=O)cc2)c1. The number of aryl methyl sites for hydroxylation is 1. The monoisotopic (exact) mass is 582 g/mol. The molecular formula is C33H34N4O4S. The van der Waals surface area contributed by atoms with Crippen LogP contribution >= 0.6 is 0 Å². The molecule has 4 aromatic rings. The van der Waals surface area contributed by atoms with Crippen molar-refractivity contribution >= 4 is 38.9 Å². The molecule has 1 aliphatic carbocycles. The number of nitrogens with two attached hydrogens (primary N) is 2. The van der Waals surface area contributed by atoms with Crippen LogP contribution < -0.4 is 21.5 Å². The van der Waals surface area contributed by atoms with Crippen LogP contribution in [0.2, 0.25) is 0 Å². The molecule has 8 nitrogen and oxygen atoms in total. The van der Waals surface area contributed by atoms with Gasteiger partial charge < -0.3 is 16.4 Å². The molecule has 216 valence electrons. The second kappa shape index (κ2) is 12.8. The van der Waals surface area contributed by atoms with Crippen molar-refractivity contribution in [3.05, 3.63) is 120 Å². The molecule has 1 fully saturated rings. The lowest BCUT2D eigenvalue weighted by molar-refractivity contribution is -0.114. The summed E-state index contributed by atoms with van der Waals surface area (Å²) in [6.45, 7) is 6.93. The second-order valence-corrected chi connectivity index (χ2v) is 11.7. The fourth-order valence-corrected chi connectivity index (χ4v) is 5.20. The number of carbonyl (C=O) groups is 2. The molecular weight excluding hydrogens is 548 g/mol. The number of sulfonamides is 1. The maximum absolute atomic E-state index is 12.7. The van der Waals surface area contributed by atoms with E-state index in [4.69, 9.17) is 10.9 Å². The van der Waals surface area contributed by atoms with E-state index in [0.717, 1.165) is 17.0 Å². The largest absolute Gasteiger partial charge is 0.399 e. The van der Waals surface area contributed by atoms with Gasteiger partial charge in [0.05, 0.1) is 4.90 Å². The molecule has 0 aromatic heterocycles. The molecule has 9 heteroatoms. The second-order valence-electron chi connectivity index (χ2n) is 10.2. The Morgan fingerprint density at radius 3 is 2.14 bits per heavy atom. The molecule has 0 aliphatic heterocycles. The fraction of sp³-hybridized carbons (Fsp3) is 0.152. The van der Waals surface area contributed by atoms with Crippen molar-refractivity contribution in [3.8, 4) is 11.1 Å². The predicted molar refractivity (Wildman–Crippen MR) is 168 cm³/mol. The lowest BCUT2D eigenvalue weighted by Gasteiger charge is -2.11. The molecule has 0 saturated heterocycles. The van der Waals surface area contributed by atoms with Crippen LogP contribution in [0.4, 0.5) is 11.4 Å². The van der Waals surface area contributed by atoms with E-state index in [2.05, 4.69) is 35.4 Å². The van der Waals surface area contributed by atoms with Crippen molar-refractivity contribution < 1.29 is 18.0 Å². The predicted octanol–water partition coefficient (Wildman–Crippen LogP) is 6.01.